The Morgan fingerprint density at radius 1 is 1.24 bits per heavy atom. The van der Waals surface area contributed by atoms with Crippen LogP contribution in [0, 0.1) is 34.5 Å². The number of hydrogen-bond donors (Lipinski definition) is 0. The normalized spacial score (nSPS) is 49.3. The van der Waals surface area contributed by atoms with Crippen molar-refractivity contribution in [3.05, 3.63) is 23.3 Å². The summed E-state index contributed by atoms with van der Waals surface area (Å²) in [6.45, 7) is 2.32. The third-order valence-corrected chi connectivity index (χ3v) is 9.68. The maximum atomic E-state index is 13.0. The van der Waals surface area contributed by atoms with Gasteiger partial charge in [0.25, 0.3) is 0 Å². The molecule has 0 radical (unpaired) electrons. The molecular formula is C24H28O5. The molecule has 1 heterocycles. The lowest BCUT2D eigenvalue weighted by atomic mass is 9.49. The zero-order valence-corrected chi connectivity index (χ0v) is 17.2. The molecule has 4 saturated carbocycles. The van der Waals surface area contributed by atoms with Gasteiger partial charge in [0.15, 0.2) is 5.78 Å². The van der Waals surface area contributed by atoms with Crippen molar-refractivity contribution >= 4 is 17.7 Å². The highest BCUT2D eigenvalue weighted by molar-refractivity contribution is 5.94. The van der Waals surface area contributed by atoms with Crippen molar-refractivity contribution in [2.45, 2.75) is 63.9 Å². The molecule has 0 aromatic heterocycles. The molecule has 1 saturated heterocycles. The molecule has 0 aromatic carbocycles. The molecular weight excluding hydrogens is 368 g/mol. The molecule has 5 aliphatic carbocycles. The van der Waals surface area contributed by atoms with E-state index in [0.717, 1.165) is 37.7 Å². The van der Waals surface area contributed by atoms with Crippen LogP contribution in [0.25, 0.3) is 0 Å². The third kappa shape index (κ3) is 2.00. The second-order valence-corrected chi connectivity index (χ2v) is 10.5. The van der Waals surface area contributed by atoms with Gasteiger partial charge >= 0.3 is 11.9 Å². The molecule has 29 heavy (non-hydrogen) atoms. The number of esters is 2. The summed E-state index contributed by atoms with van der Waals surface area (Å²) in [7, 11) is 1.47. The van der Waals surface area contributed by atoms with E-state index in [1.165, 1.54) is 12.7 Å². The number of ether oxygens (including phenoxy) is 2. The van der Waals surface area contributed by atoms with Gasteiger partial charge in [0.1, 0.15) is 5.60 Å². The molecule has 5 nitrogen and oxygen atoms in total. The number of fused-ring (bicyclic) bond motifs is 4. The minimum Gasteiger partial charge on any atom is -0.469 e. The molecule has 1 aliphatic heterocycles. The van der Waals surface area contributed by atoms with Crippen molar-refractivity contribution in [2.75, 3.05) is 7.11 Å². The monoisotopic (exact) mass is 396 g/mol. The first kappa shape index (κ1) is 17.9. The first-order chi connectivity index (χ1) is 13.8. The number of ketones is 1. The topological polar surface area (TPSA) is 69.7 Å². The molecule has 154 valence electrons. The van der Waals surface area contributed by atoms with E-state index in [9.17, 15) is 14.4 Å². The van der Waals surface area contributed by atoms with Crippen LogP contribution in [0.1, 0.15) is 58.3 Å². The second-order valence-electron chi connectivity index (χ2n) is 10.5. The van der Waals surface area contributed by atoms with E-state index in [0.29, 0.717) is 31.1 Å². The van der Waals surface area contributed by atoms with Gasteiger partial charge in [-0.05, 0) is 73.5 Å². The van der Waals surface area contributed by atoms with E-state index in [-0.39, 0.29) is 46.0 Å². The van der Waals surface area contributed by atoms with Gasteiger partial charge in [0.05, 0.1) is 13.0 Å². The first-order valence-electron chi connectivity index (χ1n) is 11.1. The number of carbonyl (C=O) groups excluding carboxylic acids is 3. The van der Waals surface area contributed by atoms with Crippen LogP contribution in [0.2, 0.25) is 0 Å². The smallest absolute Gasteiger partial charge is 0.309 e. The van der Waals surface area contributed by atoms with Gasteiger partial charge in [-0.3, -0.25) is 14.4 Å². The van der Waals surface area contributed by atoms with Crippen LogP contribution >= 0.6 is 0 Å². The van der Waals surface area contributed by atoms with Crippen LogP contribution in [0.3, 0.4) is 0 Å². The summed E-state index contributed by atoms with van der Waals surface area (Å²) in [5.41, 5.74) is 2.00. The molecule has 5 heteroatoms. The van der Waals surface area contributed by atoms with E-state index in [1.54, 1.807) is 6.08 Å². The summed E-state index contributed by atoms with van der Waals surface area (Å²) >= 11 is 0. The Kier molecular flexibility index (Phi) is 3.34. The minimum atomic E-state index is -0.350. The van der Waals surface area contributed by atoms with Crippen LogP contribution in [-0.2, 0) is 23.9 Å². The highest BCUT2D eigenvalue weighted by Gasteiger charge is 2.78. The quantitative estimate of drug-likeness (QED) is 0.634. The largest absolute Gasteiger partial charge is 0.469 e. The van der Waals surface area contributed by atoms with Crippen LogP contribution < -0.4 is 0 Å². The summed E-state index contributed by atoms with van der Waals surface area (Å²) in [5, 5.41) is 0. The molecule has 0 amide bonds. The number of methoxy groups -OCH3 is 1. The first-order valence-corrected chi connectivity index (χ1v) is 11.1. The fourth-order valence-corrected chi connectivity index (χ4v) is 8.54. The van der Waals surface area contributed by atoms with Gasteiger partial charge in [0, 0.05) is 23.7 Å². The van der Waals surface area contributed by atoms with E-state index >= 15 is 0 Å². The second kappa shape index (κ2) is 5.41. The molecule has 0 N–H and O–H groups in total. The van der Waals surface area contributed by atoms with E-state index in [1.807, 2.05) is 0 Å². The Bertz CT molecular complexity index is 914. The van der Waals surface area contributed by atoms with Gasteiger partial charge < -0.3 is 9.47 Å². The number of hydrogen-bond acceptors (Lipinski definition) is 5. The van der Waals surface area contributed by atoms with Crippen LogP contribution in [0.15, 0.2) is 23.3 Å². The fraction of sp³-hybridized carbons (Fsp3) is 0.708. The molecule has 0 aromatic rings. The molecule has 6 aliphatic rings. The summed E-state index contributed by atoms with van der Waals surface area (Å²) in [6.07, 6.45) is 10.4. The maximum absolute atomic E-state index is 13.0. The lowest BCUT2D eigenvalue weighted by molar-refractivity contribution is -0.170. The molecule has 2 spiro atoms. The highest BCUT2D eigenvalue weighted by atomic mass is 16.6. The number of carbonyl (C=O) groups is 3. The predicted octanol–water partition coefficient (Wildman–Crippen LogP) is 3.52. The van der Waals surface area contributed by atoms with Crippen LogP contribution in [-0.4, -0.2) is 30.4 Å². The van der Waals surface area contributed by atoms with E-state index in [4.69, 9.17) is 9.47 Å². The molecule has 0 unspecified atom stereocenters. The predicted molar refractivity (Wildman–Crippen MR) is 103 cm³/mol. The van der Waals surface area contributed by atoms with Crippen LogP contribution in [0.4, 0.5) is 0 Å². The van der Waals surface area contributed by atoms with Gasteiger partial charge in [-0.25, -0.2) is 0 Å². The van der Waals surface area contributed by atoms with Gasteiger partial charge in [-0.2, -0.15) is 0 Å². The van der Waals surface area contributed by atoms with E-state index < -0.39 is 0 Å². The summed E-state index contributed by atoms with van der Waals surface area (Å²) in [6, 6.07) is 0. The fourth-order valence-electron chi connectivity index (χ4n) is 8.54. The average Bonchev–Trinajstić information content (AvgIpc) is 3.14. The minimum absolute atomic E-state index is 0.0158. The molecule has 0 bridgehead atoms. The lowest BCUT2D eigenvalue weighted by Crippen LogP contribution is -2.55. The van der Waals surface area contributed by atoms with E-state index in [2.05, 4.69) is 13.0 Å². The van der Waals surface area contributed by atoms with Crippen LogP contribution in [0.5, 0.6) is 0 Å². The van der Waals surface area contributed by atoms with Gasteiger partial charge in [-0.15, -0.1) is 0 Å². The van der Waals surface area contributed by atoms with Crippen molar-refractivity contribution < 1.29 is 23.9 Å². The Labute approximate surface area is 170 Å². The van der Waals surface area contributed by atoms with Gasteiger partial charge in [0.2, 0.25) is 0 Å². The molecule has 5 fully saturated rings. The van der Waals surface area contributed by atoms with Crippen molar-refractivity contribution in [3.63, 3.8) is 0 Å². The molecule has 6 rings (SSSR count). The highest BCUT2D eigenvalue weighted by Crippen LogP contribution is 2.81. The standard InChI is InChI=1S/C24H28O5/c1-22-11-14-12-24(14)17-4-3-15(25)9-13(17)10-16(21(27)28-2)20(24)18(22)5-7-23(22)8-6-19(26)29-23/h4,9,14,16,18,20H,3,5-8,10-12H2,1-2H3/t14-,16+,18-,20-,22-,23+,24+/m0/s1. The van der Waals surface area contributed by atoms with Crippen molar-refractivity contribution in [1.29, 1.82) is 0 Å². The molecule has 7 atom stereocenters. The zero-order valence-electron chi connectivity index (χ0n) is 17.2. The summed E-state index contributed by atoms with van der Waals surface area (Å²) in [4.78, 5) is 37.1. The Hall–Kier alpha value is -1.91. The Morgan fingerprint density at radius 3 is 2.79 bits per heavy atom. The third-order valence-electron chi connectivity index (χ3n) is 9.68. The number of allylic oxidation sites excluding steroid dienone is 4. The summed E-state index contributed by atoms with van der Waals surface area (Å²) in [5.74, 6) is 0.774. The average molecular weight is 396 g/mol. The Balaban J connectivity index is 1.47. The maximum Gasteiger partial charge on any atom is 0.309 e. The Morgan fingerprint density at radius 2 is 2.07 bits per heavy atom. The van der Waals surface area contributed by atoms with Crippen molar-refractivity contribution in [2.24, 2.45) is 34.5 Å². The van der Waals surface area contributed by atoms with Crippen molar-refractivity contribution in [1.82, 2.24) is 0 Å². The summed E-state index contributed by atoms with van der Waals surface area (Å²) < 4.78 is 11.3. The zero-order chi connectivity index (χ0) is 20.2. The lowest BCUT2D eigenvalue weighted by Gasteiger charge is -2.55. The number of rotatable bonds is 1. The SMILES string of the molecule is COC(=O)[C@@H]1CC2=CC(=O)CC=C2[C@@]23C[C@@H]2C[C@@]2(C)[C@@H](CC[C@@]24CCC(=O)O4)[C@H]13. The van der Waals surface area contributed by atoms with Gasteiger partial charge in [-0.1, -0.05) is 13.0 Å². The van der Waals surface area contributed by atoms with Crippen molar-refractivity contribution in [3.8, 4) is 0 Å².